The van der Waals surface area contributed by atoms with Gasteiger partial charge in [-0.25, -0.2) is 0 Å². The van der Waals surface area contributed by atoms with Gasteiger partial charge in [-0.3, -0.25) is 4.79 Å². The van der Waals surface area contributed by atoms with E-state index in [1.165, 1.54) is 24.1 Å². The van der Waals surface area contributed by atoms with Gasteiger partial charge in [0, 0.05) is 31.9 Å². The van der Waals surface area contributed by atoms with Crippen LogP contribution in [0, 0.1) is 24.7 Å². The molecule has 3 rings (SSSR count). The van der Waals surface area contributed by atoms with Gasteiger partial charge in [0.2, 0.25) is 5.91 Å². The fourth-order valence-corrected chi connectivity index (χ4v) is 4.74. The van der Waals surface area contributed by atoms with Crippen LogP contribution in [-0.4, -0.2) is 38.1 Å². The molecule has 2 N–H and O–H groups in total. The number of hydrogen-bond acceptors (Lipinski definition) is 3. The van der Waals surface area contributed by atoms with Crippen molar-refractivity contribution >= 4 is 11.6 Å². The molecular formula is C21H33N3O. The number of nitrogens with one attached hydrogen (secondary N) is 2. The first-order valence-corrected chi connectivity index (χ1v) is 9.77. The molecule has 4 nitrogen and oxygen atoms in total. The molecule has 0 spiro atoms. The highest BCUT2D eigenvalue weighted by Crippen LogP contribution is 2.40. The third-order valence-electron chi connectivity index (χ3n) is 6.00. The molecule has 4 atom stereocenters. The van der Waals surface area contributed by atoms with Gasteiger partial charge in [-0.1, -0.05) is 32.0 Å². The molecule has 1 heterocycles. The van der Waals surface area contributed by atoms with Gasteiger partial charge < -0.3 is 15.5 Å². The van der Waals surface area contributed by atoms with Crippen LogP contribution in [0.25, 0.3) is 0 Å². The maximum atomic E-state index is 12.3. The van der Waals surface area contributed by atoms with Gasteiger partial charge in [-0.05, 0) is 55.6 Å². The average molecular weight is 344 g/mol. The summed E-state index contributed by atoms with van der Waals surface area (Å²) in [5, 5.41) is 6.55. The molecule has 1 aliphatic carbocycles. The van der Waals surface area contributed by atoms with E-state index in [0.717, 1.165) is 25.4 Å². The minimum absolute atomic E-state index is 0.0683. The van der Waals surface area contributed by atoms with Gasteiger partial charge in [0.1, 0.15) is 0 Å². The lowest BCUT2D eigenvalue weighted by molar-refractivity contribution is -0.123. The first kappa shape index (κ1) is 18.2. The smallest absolute Gasteiger partial charge is 0.236 e. The SMILES string of the molecule is CNC(=O)[C@H](CC(C)C)N[C@H]1CC[C@@H]2CN(c3ccccc3C)C[C@@H]21. The number of carbonyl (C=O) groups excluding carboxylic acids is 1. The number of likely N-dealkylation sites (N-methyl/N-ethyl adjacent to an activating group) is 1. The van der Waals surface area contributed by atoms with Crippen molar-refractivity contribution in [3.8, 4) is 0 Å². The fraction of sp³-hybridized carbons (Fsp3) is 0.667. The Morgan fingerprint density at radius 2 is 2.00 bits per heavy atom. The van der Waals surface area contributed by atoms with Crippen LogP contribution in [0.2, 0.25) is 0 Å². The van der Waals surface area contributed by atoms with E-state index >= 15 is 0 Å². The highest BCUT2D eigenvalue weighted by atomic mass is 16.2. The van der Waals surface area contributed by atoms with Crippen molar-refractivity contribution in [3.63, 3.8) is 0 Å². The van der Waals surface area contributed by atoms with E-state index in [9.17, 15) is 4.79 Å². The molecule has 4 heteroatoms. The molecule has 1 aliphatic heterocycles. The van der Waals surface area contributed by atoms with E-state index in [1.54, 1.807) is 7.05 Å². The molecule has 25 heavy (non-hydrogen) atoms. The van der Waals surface area contributed by atoms with Crippen LogP contribution in [0.1, 0.15) is 38.7 Å². The highest BCUT2D eigenvalue weighted by Gasteiger charge is 2.43. The number of hydrogen-bond donors (Lipinski definition) is 2. The predicted octanol–water partition coefficient (Wildman–Crippen LogP) is 2.96. The van der Waals surface area contributed by atoms with Crippen molar-refractivity contribution in [2.45, 2.75) is 52.1 Å². The lowest BCUT2D eigenvalue weighted by Gasteiger charge is -2.28. The van der Waals surface area contributed by atoms with Crippen LogP contribution in [0.5, 0.6) is 0 Å². The van der Waals surface area contributed by atoms with E-state index in [4.69, 9.17) is 0 Å². The summed E-state index contributed by atoms with van der Waals surface area (Å²) in [5.41, 5.74) is 2.73. The zero-order chi connectivity index (χ0) is 18.0. The lowest BCUT2D eigenvalue weighted by atomic mass is 9.95. The largest absolute Gasteiger partial charge is 0.371 e. The predicted molar refractivity (Wildman–Crippen MR) is 104 cm³/mol. The summed E-state index contributed by atoms with van der Waals surface area (Å²) in [4.78, 5) is 14.8. The van der Waals surface area contributed by atoms with Crippen molar-refractivity contribution < 1.29 is 4.79 Å². The van der Waals surface area contributed by atoms with Gasteiger partial charge in [-0.2, -0.15) is 0 Å². The van der Waals surface area contributed by atoms with Gasteiger partial charge in [0.15, 0.2) is 0 Å². The van der Waals surface area contributed by atoms with E-state index in [-0.39, 0.29) is 11.9 Å². The number of aryl methyl sites for hydroxylation is 1. The number of rotatable bonds is 6. The molecule has 2 aliphatic rings. The summed E-state index contributed by atoms with van der Waals surface area (Å²) in [5.74, 6) is 2.05. The monoisotopic (exact) mass is 343 g/mol. The Bertz CT molecular complexity index is 601. The topological polar surface area (TPSA) is 44.4 Å². The lowest BCUT2D eigenvalue weighted by Crippen LogP contribution is -2.50. The minimum Gasteiger partial charge on any atom is -0.371 e. The van der Waals surface area contributed by atoms with E-state index in [0.29, 0.717) is 17.9 Å². The fourth-order valence-electron chi connectivity index (χ4n) is 4.74. The third-order valence-corrected chi connectivity index (χ3v) is 6.00. The van der Waals surface area contributed by atoms with E-state index < -0.39 is 0 Å². The number of para-hydroxylation sites is 1. The Morgan fingerprint density at radius 1 is 1.24 bits per heavy atom. The Morgan fingerprint density at radius 3 is 2.68 bits per heavy atom. The van der Waals surface area contributed by atoms with Crippen molar-refractivity contribution in [1.82, 2.24) is 10.6 Å². The Labute approximate surface area is 152 Å². The quantitative estimate of drug-likeness (QED) is 0.835. The van der Waals surface area contributed by atoms with E-state index in [2.05, 4.69) is 60.6 Å². The van der Waals surface area contributed by atoms with Crippen molar-refractivity contribution in [2.24, 2.45) is 17.8 Å². The van der Waals surface area contributed by atoms with Crippen LogP contribution in [0.15, 0.2) is 24.3 Å². The van der Waals surface area contributed by atoms with Gasteiger partial charge in [-0.15, -0.1) is 0 Å². The first-order chi connectivity index (χ1) is 12.0. The molecular weight excluding hydrogens is 310 g/mol. The average Bonchev–Trinajstić information content (AvgIpc) is 3.15. The van der Waals surface area contributed by atoms with Crippen molar-refractivity contribution in [3.05, 3.63) is 29.8 Å². The molecule has 1 saturated heterocycles. The van der Waals surface area contributed by atoms with E-state index in [1.807, 2.05) is 0 Å². The molecule has 138 valence electrons. The second-order valence-corrected chi connectivity index (χ2v) is 8.26. The molecule has 1 saturated carbocycles. The summed E-state index contributed by atoms with van der Waals surface area (Å²) >= 11 is 0. The molecule has 1 amide bonds. The van der Waals surface area contributed by atoms with Gasteiger partial charge in [0.05, 0.1) is 6.04 Å². The van der Waals surface area contributed by atoms with Crippen LogP contribution in [0.4, 0.5) is 5.69 Å². The number of carbonyl (C=O) groups is 1. The number of fused-ring (bicyclic) bond motifs is 1. The highest BCUT2D eigenvalue weighted by molar-refractivity contribution is 5.81. The Balaban J connectivity index is 1.67. The second-order valence-electron chi connectivity index (χ2n) is 8.26. The first-order valence-electron chi connectivity index (χ1n) is 9.77. The second kappa shape index (κ2) is 7.77. The maximum absolute atomic E-state index is 12.3. The number of anilines is 1. The standard InChI is InChI=1S/C21H33N3O/c1-14(2)11-19(21(25)22-4)23-18-10-9-16-12-24(13-17(16)18)20-8-6-5-7-15(20)3/h5-8,14,16-19,23H,9-13H2,1-4H3,(H,22,25)/t16-,17+,18+,19+/m1/s1. The molecule has 1 aromatic carbocycles. The van der Waals surface area contributed by atoms with Crippen LogP contribution in [-0.2, 0) is 4.79 Å². The normalized spacial score (nSPS) is 26.8. The van der Waals surface area contributed by atoms with Gasteiger partial charge in [0.25, 0.3) is 0 Å². The van der Waals surface area contributed by atoms with Crippen molar-refractivity contribution in [2.75, 3.05) is 25.0 Å². The molecule has 0 aromatic heterocycles. The van der Waals surface area contributed by atoms with Crippen molar-refractivity contribution in [1.29, 1.82) is 0 Å². The third kappa shape index (κ3) is 4.00. The molecule has 1 aromatic rings. The summed E-state index contributed by atoms with van der Waals surface area (Å²) in [6.45, 7) is 8.83. The Hall–Kier alpha value is -1.55. The zero-order valence-electron chi connectivity index (χ0n) is 16.1. The molecule has 2 fully saturated rings. The zero-order valence-corrected chi connectivity index (χ0v) is 16.1. The number of nitrogens with zero attached hydrogens (tertiary/aromatic N) is 1. The van der Waals surface area contributed by atoms with Crippen LogP contribution in [0.3, 0.4) is 0 Å². The molecule has 0 unspecified atom stereocenters. The van der Waals surface area contributed by atoms with Crippen LogP contribution < -0.4 is 15.5 Å². The van der Waals surface area contributed by atoms with Crippen LogP contribution >= 0.6 is 0 Å². The molecule has 0 radical (unpaired) electrons. The number of benzene rings is 1. The summed E-state index contributed by atoms with van der Waals surface area (Å²) in [6.07, 6.45) is 3.37. The van der Waals surface area contributed by atoms with Gasteiger partial charge >= 0.3 is 0 Å². The maximum Gasteiger partial charge on any atom is 0.236 e. The minimum atomic E-state index is -0.0683. The summed E-state index contributed by atoms with van der Waals surface area (Å²) in [6, 6.07) is 9.08. The summed E-state index contributed by atoms with van der Waals surface area (Å²) < 4.78 is 0. The summed E-state index contributed by atoms with van der Waals surface area (Å²) in [7, 11) is 1.74. The molecule has 0 bridgehead atoms. The number of amides is 1. The Kier molecular flexibility index (Phi) is 5.67.